The van der Waals surface area contributed by atoms with Gasteiger partial charge in [-0.2, -0.15) is 0 Å². The molecule has 0 saturated carbocycles. The molecule has 0 aliphatic carbocycles. The first-order chi connectivity index (χ1) is 17.4. The van der Waals surface area contributed by atoms with Crippen LogP contribution in [0.5, 0.6) is 23.0 Å². The average molecular weight is 487 g/mol. The van der Waals surface area contributed by atoms with Gasteiger partial charge < -0.3 is 18.9 Å². The highest BCUT2D eigenvalue weighted by molar-refractivity contribution is 5.54. The Labute approximate surface area is 215 Å². The quantitative estimate of drug-likeness (QED) is 0.330. The SMILES string of the molecule is CC(C)CCOc1ccc([C@@H]2COc3c(ccc4c3CCC(C)(C)O4)C2)c(OCc2ccccc2)c1. The molecule has 0 unspecified atom stereocenters. The second-order valence-electron chi connectivity index (χ2n) is 11.1. The van der Waals surface area contributed by atoms with E-state index in [9.17, 15) is 0 Å². The maximum absolute atomic E-state index is 6.43. The second kappa shape index (κ2) is 10.5. The van der Waals surface area contributed by atoms with E-state index in [1.165, 1.54) is 16.7 Å². The number of ether oxygens (including phenoxy) is 4. The fourth-order valence-electron chi connectivity index (χ4n) is 5.03. The lowest BCUT2D eigenvalue weighted by atomic mass is 9.86. The predicted molar refractivity (Wildman–Crippen MR) is 144 cm³/mol. The molecule has 5 rings (SSSR count). The van der Waals surface area contributed by atoms with Crippen molar-refractivity contribution in [1.29, 1.82) is 0 Å². The summed E-state index contributed by atoms with van der Waals surface area (Å²) in [6.45, 7) is 10.6. The lowest BCUT2D eigenvalue weighted by molar-refractivity contribution is 0.0826. The van der Waals surface area contributed by atoms with E-state index in [4.69, 9.17) is 18.9 Å². The van der Waals surface area contributed by atoms with Crippen LogP contribution < -0.4 is 18.9 Å². The monoisotopic (exact) mass is 486 g/mol. The maximum Gasteiger partial charge on any atom is 0.129 e. The summed E-state index contributed by atoms with van der Waals surface area (Å²) in [7, 11) is 0. The van der Waals surface area contributed by atoms with Crippen LogP contribution in [0.1, 0.15) is 68.7 Å². The van der Waals surface area contributed by atoms with Crippen molar-refractivity contribution in [1.82, 2.24) is 0 Å². The molecule has 3 aromatic carbocycles. The lowest BCUT2D eigenvalue weighted by Gasteiger charge is -2.36. The number of benzene rings is 3. The third-order valence-electron chi connectivity index (χ3n) is 7.18. The van der Waals surface area contributed by atoms with Crippen LogP contribution in [-0.2, 0) is 19.4 Å². The smallest absolute Gasteiger partial charge is 0.129 e. The predicted octanol–water partition coefficient (Wildman–Crippen LogP) is 7.51. The zero-order valence-electron chi connectivity index (χ0n) is 22.0. The topological polar surface area (TPSA) is 36.9 Å². The Morgan fingerprint density at radius 2 is 1.83 bits per heavy atom. The molecule has 0 bridgehead atoms. The summed E-state index contributed by atoms with van der Waals surface area (Å²) in [5, 5.41) is 0. The van der Waals surface area contributed by atoms with Gasteiger partial charge in [0.05, 0.1) is 13.2 Å². The van der Waals surface area contributed by atoms with E-state index in [2.05, 4.69) is 70.2 Å². The van der Waals surface area contributed by atoms with E-state index < -0.39 is 0 Å². The minimum absolute atomic E-state index is 0.123. The minimum atomic E-state index is -0.123. The second-order valence-corrected chi connectivity index (χ2v) is 11.1. The highest BCUT2D eigenvalue weighted by atomic mass is 16.5. The summed E-state index contributed by atoms with van der Waals surface area (Å²) in [4.78, 5) is 0. The van der Waals surface area contributed by atoms with Gasteiger partial charge in [-0.05, 0) is 68.7 Å². The molecule has 190 valence electrons. The van der Waals surface area contributed by atoms with E-state index in [1.807, 2.05) is 18.2 Å². The van der Waals surface area contributed by atoms with E-state index in [-0.39, 0.29) is 11.5 Å². The molecule has 36 heavy (non-hydrogen) atoms. The molecular weight excluding hydrogens is 448 g/mol. The third-order valence-corrected chi connectivity index (χ3v) is 7.18. The van der Waals surface area contributed by atoms with Crippen LogP contribution in [0.3, 0.4) is 0 Å². The van der Waals surface area contributed by atoms with E-state index in [0.717, 1.165) is 54.2 Å². The Hall–Kier alpha value is -3.14. The van der Waals surface area contributed by atoms with Gasteiger partial charge in [0.1, 0.15) is 35.2 Å². The molecule has 3 aromatic rings. The van der Waals surface area contributed by atoms with Gasteiger partial charge >= 0.3 is 0 Å². The molecule has 0 spiro atoms. The van der Waals surface area contributed by atoms with Crippen molar-refractivity contribution in [3.05, 3.63) is 82.9 Å². The zero-order chi connectivity index (χ0) is 25.1. The first kappa shape index (κ1) is 24.5. The van der Waals surface area contributed by atoms with Crippen LogP contribution in [0.15, 0.2) is 60.7 Å². The normalized spacial score (nSPS) is 18.0. The van der Waals surface area contributed by atoms with Crippen LogP contribution in [0.4, 0.5) is 0 Å². The third kappa shape index (κ3) is 5.64. The van der Waals surface area contributed by atoms with Gasteiger partial charge in [-0.25, -0.2) is 0 Å². The molecule has 0 amide bonds. The van der Waals surface area contributed by atoms with Crippen LogP contribution in [0.25, 0.3) is 0 Å². The number of fused-ring (bicyclic) bond motifs is 3. The maximum atomic E-state index is 6.43. The molecule has 0 saturated heterocycles. The van der Waals surface area contributed by atoms with Crippen LogP contribution in [-0.4, -0.2) is 18.8 Å². The molecule has 0 fully saturated rings. The molecule has 0 aromatic heterocycles. The Balaban J connectivity index is 1.38. The summed E-state index contributed by atoms with van der Waals surface area (Å²) in [6.07, 6.45) is 3.94. The summed E-state index contributed by atoms with van der Waals surface area (Å²) in [6, 6.07) is 20.9. The van der Waals surface area contributed by atoms with E-state index in [1.54, 1.807) is 0 Å². The molecular formula is C32H38O4. The molecule has 2 heterocycles. The summed E-state index contributed by atoms with van der Waals surface area (Å²) in [5.41, 5.74) is 4.67. The van der Waals surface area contributed by atoms with Crippen LogP contribution >= 0.6 is 0 Å². The fraction of sp³-hybridized carbons (Fsp3) is 0.438. The minimum Gasteiger partial charge on any atom is -0.493 e. The Morgan fingerprint density at radius 3 is 2.64 bits per heavy atom. The van der Waals surface area contributed by atoms with Gasteiger partial charge in [-0.15, -0.1) is 0 Å². The largest absolute Gasteiger partial charge is 0.493 e. The van der Waals surface area contributed by atoms with Gasteiger partial charge in [0.25, 0.3) is 0 Å². The molecule has 0 N–H and O–H groups in total. The van der Waals surface area contributed by atoms with Crippen molar-refractivity contribution >= 4 is 0 Å². The fourth-order valence-corrected chi connectivity index (χ4v) is 5.03. The molecule has 4 nitrogen and oxygen atoms in total. The van der Waals surface area contributed by atoms with Gasteiger partial charge in [0.2, 0.25) is 0 Å². The van der Waals surface area contributed by atoms with Gasteiger partial charge in [-0.3, -0.25) is 0 Å². The van der Waals surface area contributed by atoms with E-state index in [0.29, 0.717) is 25.7 Å². The molecule has 4 heteroatoms. The summed E-state index contributed by atoms with van der Waals surface area (Å²) >= 11 is 0. The number of hydrogen-bond acceptors (Lipinski definition) is 4. The lowest BCUT2D eigenvalue weighted by Crippen LogP contribution is -2.33. The Kier molecular flexibility index (Phi) is 7.13. The first-order valence-corrected chi connectivity index (χ1v) is 13.3. The molecule has 1 atom stereocenters. The summed E-state index contributed by atoms with van der Waals surface area (Å²) in [5.74, 6) is 4.55. The summed E-state index contributed by atoms with van der Waals surface area (Å²) < 4.78 is 25.1. The molecule has 0 radical (unpaired) electrons. The molecule has 2 aliphatic rings. The van der Waals surface area contributed by atoms with Gasteiger partial charge in [0.15, 0.2) is 0 Å². The van der Waals surface area contributed by atoms with Crippen molar-refractivity contribution < 1.29 is 18.9 Å². The van der Waals surface area contributed by atoms with Gasteiger partial charge in [0, 0.05) is 23.1 Å². The van der Waals surface area contributed by atoms with Crippen molar-refractivity contribution in [2.45, 2.75) is 71.5 Å². The number of rotatable bonds is 8. The van der Waals surface area contributed by atoms with Crippen molar-refractivity contribution in [3.8, 4) is 23.0 Å². The Bertz CT molecular complexity index is 1180. The highest BCUT2D eigenvalue weighted by Crippen LogP contribution is 2.45. The first-order valence-electron chi connectivity index (χ1n) is 13.3. The highest BCUT2D eigenvalue weighted by Gasteiger charge is 2.32. The van der Waals surface area contributed by atoms with Crippen molar-refractivity contribution in [2.24, 2.45) is 5.92 Å². The van der Waals surface area contributed by atoms with E-state index >= 15 is 0 Å². The zero-order valence-corrected chi connectivity index (χ0v) is 22.0. The van der Waals surface area contributed by atoms with Crippen LogP contribution in [0, 0.1) is 5.92 Å². The molecule has 2 aliphatic heterocycles. The Morgan fingerprint density at radius 1 is 1.00 bits per heavy atom. The standard InChI is InChI=1S/C32H38O4/c1-22(2)15-17-33-26-11-12-27(30(19-26)34-20-23-8-6-5-7-9-23)25-18-24-10-13-29-28(31(24)35-21-25)14-16-32(3,4)36-29/h5-13,19,22,25H,14-18,20-21H2,1-4H3/t25-/m0/s1. The van der Waals surface area contributed by atoms with Gasteiger partial charge in [-0.1, -0.05) is 56.3 Å². The van der Waals surface area contributed by atoms with Crippen LogP contribution in [0.2, 0.25) is 0 Å². The average Bonchev–Trinajstić information content (AvgIpc) is 2.87. The van der Waals surface area contributed by atoms with Crippen molar-refractivity contribution in [2.75, 3.05) is 13.2 Å². The van der Waals surface area contributed by atoms with Crippen molar-refractivity contribution in [3.63, 3.8) is 0 Å². The number of hydrogen-bond donors (Lipinski definition) is 0.